The molecule has 0 fully saturated rings. The SMILES string of the molecule is CCOC(=O)C1=C(O)/C(=C\c2cccc(O)c2)SC1=Nc1ccc(F)cc1. The molecule has 0 aliphatic carbocycles. The molecule has 7 heteroatoms. The van der Waals surface area contributed by atoms with Gasteiger partial charge >= 0.3 is 5.97 Å². The van der Waals surface area contributed by atoms with Gasteiger partial charge < -0.3 is 14.9 Å². The van der Waals surface area contributed by atoms with E-state index in [4.69, 9.17) is 4.74 Å². The second kappa shape index (κ2) is 8.09. The van der Waals surface area contributed by atoms with E-state index in [-0.39, 0.29) is 28.7 Å². The maximum Gasteiger partial charge on any atom is 0.344 e. The zero-order chi connectivity index (χ0) is 19.4. The average molecular weight is 385 g/mol. The van der Waals surface area contributed by atoms with Gasteiger partial charge in [-0.2, -0.15) is 0 Å². The molecule has 0 radical (unpaired) electrons. The van der Waals surface area contributed by atoms with Crippen LogP contribution in [0.5, 0.6) is 5.75 Å². The number of benzene rings is 2. The number of carbonyl (C=O) groups is 1. The van der Waals surface area contributed by atoms with Crippen molar-refractivity contribution in [2.24, 2.45) is 4.99 Å². The monoisotopic (exact) mass is 385 g/mol. The van der Waals surface area contributed by atoms with Crippen LogP contribution in [0.1, 0.15) is 12.5 Å². The molecule has 0 aromatic heterocycles. The summed E-state index contributed by atoms with van der Waals surface area (Å²) in [5, 5.41) is 20.4. The van der Waals surface area contributed by atoms with E-state index >= 15 is 0 Å². The Balaban J connectivity index is 2.03. The lowest BCUT2D eigenvalue weighted by Gasteiger charge is -2.03. The van der Waals surface area contributed by atoms with Gasteiger partial charge in [-0.15, -0.1) is 0 Å². The molecule has 0 saturated heterocycles. The van der Waals surface area contributed by atoms with Gasteiger partial charge in [0.25, 0.3) is 0 Å². The number of thioether (sulfide) groups is 1. The number of phenols is 1. The van der Waals surface area contributed by atoms with Gasteiger partial charge in [0.2, 0.25) is 0 Å². The van der Waals surface area contributed by atoms with Crippen molar-refractivity contribution in [1.82, 2.24) is 0 Å². The Kier molecular flexibility index (Phi) is 5.61. The van der Waals surface area contributed by atoms with Crippen LogP contribution >= 0.6 is 11.8 Å². The van der Waals surface area contributed by atoms with Crippen LogP contribution < -0.4 is 0 Å². The lowest BCUT2D eigenvalue weighted by molar-refractivity contribution is -0.138. The highest BCUT2D eigenvalue weighted by molar-refractivity contribution is 8.18. The summed E-state index contributed by atoms with van der Waals surface area (Å²) in [6.07, 6.45) is 1.63. The first-order valence-electron chi connectivity index (χ1n) is 8.12. The number of esters is 1. The first-order chi connectivity index (χ1) is 13.0. The second-order valence-corrected chi connectivity index (χ2v) is 6.57. The van der Waals surface area contributed by atoms with E-state index in [2.05, 4.69) is 4.99 Å². The lowest BCUT2D eigenvalue weighted by Crippen LogP contribution is -2.12. The molecular weight excluding hydrogens is 369 g/mol. The van der Waals surface area contributed by atoms with Crippen molar-refractivity contribution in [3.8, 4) is 5.75 Å². The van der Waals surface area contributed by atoms with Crippen LogP contribution in [0.25, 0.3) is 6.08 Å². The van der Waals surface area contributed by atoms with Crippen LogP contribution in [0.4, 0.5) is 10.1 Å². The van der Waals surface area contributed by atoms with Crippen LogP contribution in [0.3, 0.4) is 0 Å². The van der Waals surface area contributed by atoms with Crippen molar-refractivity contribution >= 4 is 34.5 Å². The van der Waals surface area contributed by atoms with Crippen molar-refractivity contribution in [2.75, 3.05) is 6.61 Å². The van der Waals surface area contributed by atoms with Crippen LogP contribution in [-0.2, 0) is 9.53 Å². The molecule has 2 aromatic rings. The third-order valence-corrected chi connectivity index (χ3v) is 4.62. The smallest absolute Gasteiger partial charge is 0.344 e. The van der Waals surface area contributed by atoms with E-state index in [1.165, 1.54) is 36.4 Å². The van der Waals surface area contributed by atoms with Crippen LogP contribution in [-0.4, -0.2) is 27.8 Å². The molecule has 1 aliphatic rings. The minimum absolute atomic E-state index is 0.0439. The Hall–Kier alpha value is -3.06. The maximum atomic E-state index is 13.1. The number of rotatable bonds is 4. The number of aliphatic imine (C=N–C) groups is 1. The van der Waals surface area contributed by atoms with Crippen LogP contribution in [0.2, 0.25) is 0 Å². The fourth-order valence-corrected chi connectivity index (χ4v) is 3.43. The maximum absolute atomic E-state index is 13.1. The number of hydrogen-bond acceptors (Lipinski definition) is 6. The summed E-state index contributed by atoms with van der Waals surface area (Å²) in [4.78, 5) is 17.0. The normalized spacial score (nSPS) is 17.0. The Morgan fingerprint density at radius 1 is 1.22 bits per heavy atom. The molecule has 2 aromatic carbocycles. The van der Waals surface area contributed by atoms with Gasteiger partial charge in [0.15, 0.2) is 0 Å². The molecule has 1 aliphatic heterocycles. The summed E-state index contributed by atoms with van der Waals surface area (Å²) in [6.45, 7) is 1.81. The lowest BCUT2D eigenvalue weighted by atomic mass is 10.1. The molecule has 0 atom stereocenters. The highest BCUT2D eigenvalue weighted by Crippen LogP contribution is 2.40. The number of halogens is 1. The molecule has 0 spiro atoms. The van der Waals surface area contributed by atoms with E-state index in [0.717, 1.165) is 11.8 Å². The fourth-order valence-electron chi connectivity index (χ4n) is 2.39. The number of carbonyl (C=O) groups excluding carboxylic acids is 1. The minimum Gasteiger partial charge on any atom is -0.508 e. The van der Waals surface area contributed by atoms with Crippen molar-refractivity contribution in [3.05, 3.63) is 76.1 Å². The summed E-state index contributed by atoms with van der Waals surface area (Å²) in [7, 11) is 0. The highest BCUT2D eigenvalue weighted by atomic mass is 32.2. The molecule has 3 rings (SSSR count). The van der Waals surface area contributed by atoms with E-state index in [9.17, 15) is 19.4 Å². The standard InChI is InChI=1S/C20H16FNO4S/c1-2-26-20(25)17-18(24)16(11-12-4-3-5-15(23)10-12)27-19(17)22-14-8-6-13(21)7-9-14/h3-11,23-24H,2H2,1H3/b16-11+,22-19?. The van der Waals surface area contributed by atoms with E-state index < -0.39 is 11.8 Å². The number of aliphatic hydroxyl groups is 1. The molecule has 0 saturated carbocycles. The Morgan fingerprint density at radius 3 is 2.63 bits per heavy atom. The minimum atomic E-state index is -0.692. The summed E-state index contributed by atoms with van der Waals surface area (Å²) in [5.41, 5.74) is 1.04. The Bertz CT molecular complexity index is 964. The number of nitrogens with zero attached hydrogens (tertiary/aromatic N) is 1. The number of aromatic hydroxyl groups is 1. The summed E-state index contributed by atoms with van der Waals surface area (Å²) in [6, 6.07) is 11.9. The van der Waals surface area contributed by atoms with Gasteiger partial charge in [0, 0.05) is 0 Å². The van der Waals surface area contributed by atoms with Gasteiger partial charge in [-0.3, -0.25) is 0 Å². The molecule has 2 N–H and O–H groups in total. The topological polar surface area (TPSA) is 79.1 Å². The van der Waals surface area contributed by atoms with E-state index in [1.807, 2.05) is 0 Å². The van der Waals surface area contributed by atoms with Gasteiger partial charge in [-0.25, -0.2) is 14.2 Å². The second-order valence-electron chi connectivity index (χ2n) is 5.54. The third kappa shape index (κ3) is 4.38. The molecule has 0 bridgehead atoms. The van der Waals surface area contributed by atoms with Crippen molar-refractivity contribution < 1.29 is 24.1 Å². The highest BCUT2D eigenvalue weighted by Gasteiger charge is 2.33. The summed E-state index contributed by atoms with van der Waals surface area (Å²) < 4.78 is 18.1. The third-order valence-electron chi connectivity index (χ3n) is 3.60. The van der Waals surface area contributed by atoms with Gasteiger partial charge in [-0.05, 0) is 55.0 Å². The largest absolute Gasteiger partial charge is 0.508 e. The molecular formula is C20H16FNO4S. The number of hydrogen-bond donors (Lipinski definition) is 2. The molecule has 5 nitrogen and oxygen atoms in total. The number of ether oxygens (including phenoxy) is 1. The molecule has 27 heavy (non-hydrogen) atoms. The van der Waals surface area contributed by atoms with Crippen molar-refractivity contribution in [1.29, 1.82) is 0 Å². The quantitative estimate of drug-likeness (QED) is 0.744. The molecule has 1 heterocycles. The first kappa shape index (κ1) is 18.7. The predicted molar refractivity (Wildman–Crippen MR) is 103 cm³/mol. The van der Waals surface area contributed by atoms with Gasteiger partial charge in [-0.1, -0.05) is 23.9 Å². The summed E-state index contributed by atoms with van der Waals surface area (Å²) in [5.74, 6) is -1.25. The zero-order valence-corrected chi connectivity index (χ0v) is 15.2. The van der Waals surface area contributed by atoms with E-state index in [1.54, 1.807) is 25.1 Å². The van der Waals surface area contributed by atoms with Gasteiger partial charge in [0.1, 0.15) is 27.9 Å². The van der Waals surface area contributed by atoms with Crippen LogP contribution in [0.15, 0.2) is 69.8 Å². The molecule has 138 valence electrons. The zero-order valence-electron chi connectivity index (χ0n) is 14.3. The van der Waals surface area contributed by atoms with Crippen molar-refractivity contribution in [3.63, 3.8) is 0 Å². The Labute approximate surface area is 159 Å². The summed E-state index contributed by atoms with van der Waals surface area (Å²) >= 11 is 1.09. The Morgan fingerprint density at radius 2 is 1.96 bits per heavy atom. The van der Waals surface area contributed by atoms with Gasteiger partial charge in [0.05, 0.1) is 17.2 Å². The van der Waals surface area contributed by atoms with Crippen LogP contribution in [0, 0.1) is 5.82 Å². The fraction of sp³-hybridized carbons (Fsp3) is 0.100. The molecule has 0 unspecified atom stereocenters. The number of phenolic OH excluding ortho intramolecular Hbond substituents is 1. The first-order valence-corrected chi connectivity index (χ1v) is 8.93. The average Bonchev–Trinajstić information content (AvgIpc) is 2.92. The van der Waals surface area contributed by atoms with Crippen molar-refractivity contribution in [2.45, 2.75) is 6.92 Å². The van der Waals surface area contributed by atoms with E-state index in [0.29, 0.717) is 16.2 Å². The molecule has 0 amide bonds. The predicted octanol–water partition coefficient (Wildman–Crippen LogP) is 4.72. The number of aliphatic hydroxyl groups excluding tert-OH is 1.